The number of amides is 1. The fourth-order valence-electron chi connectivity index (χ4n) is 4.00. The third-order valence-electron chi connectivity index (χ3n) is 5.22. The number of nitriles is 1. The zero-order valence-electron chi connectivity index (χ0n) is 13.3. The summed E-state index contributed by atoms with van der Waals surface area (Å²) in [7, 11) is 0. The van der Waals surface area contributed by atoms with Gasteiger partial charge in [0, 0.05) is 25.8 Å². The van der Waals surface area contributed by atoms with Crippen molar-refractivity contribution in [2.75, 3.05) is 24.5 Å². The molecular formula is C17H18N6O. The van der Waals surface area contributed by atoms with Gasteiger partial charge >= 0.3 is 0 Å². The summed E-state index contributed by atoms with van der Waals surface area (Å²) < 4.78 is 0. The first-order chi connectivity index (χ1) is 11.7. The second-order valence-electron chi connectivity index (χ2n) is 6.37. The maximum Gasteiger partial charge on any atom is 0.237 e. The van der Waals surface area contributed by atoms with Crippen LogP contribution in [0.1, 0.15) is 19.3 Å². The van der Waals surface area contributed by atoms with Gasteiger partial charge in [0.05, 0.1) is 17.0 Å². The van der Waals surface area contributed by atoms with E-state index in [1.54, 1.807) is 6.33 Å². The van der Waals surface area contributed by atoms with Gasteiger partial charge in [-0.15, -0.1) is 0 Å². The Labute approximate surface area is 139 Å². The van der Waals surface area contributed by atoms with Crippen molar-refractivity contribution < 1.29 is 4.79 Å². The predicted octanol–water partition coefficient (Wildman–Crippen LogP) is 1.61. The SMILES string of the molecule is C=C1CCN(C(=O)CC#N)C12CCN(c1ncnc3[nH]ccc13)C2. The number of anilines is 1. The minimum atomic E-state index is -0.373. The summed E-state index contributed by atoms with van der Waals surface area (Å²) >= 11 is 0. The predicted molar refractivity (Wildman–Crippen MR) is 89.1 cm³/mol. The molecule has 4 rings (SSSR count). The van der Waals surface area contributed by atoms with Crippen molar-refractivity contribution in [2.24, 2.45) is 0 Å². The Bertz CT molecular complexity index is 865. The first kappa shape index (κ1) is 14.7. The van der Waals surface area contributed by atoms with Gasteiger partial charge in [-0.2, -0.15) is 5.26 Å². The van der Waals surface area contributed by atoms with Gasteiger partial charge in [0.2, 0.25) is 5.91 Å². The summed E-state index contributed by atoms with van der Waals surface area (Å²) in [5, 5.41) is 9.85. The monoisotopic (exact) mass is 322 g/mol. The molecule has 0 radical (unpaired) electrons. The highest BCUT2D eigenvalue weighted by Crippen LogP contribution is 2.43. The molecule has 7 nitrogen and oxygen atoms in total. The normalized spacial score (nSPS) is 23.4. The molecule has 0 aliphatic carbocycles. The van der Waals surface area contributed by atoms with E-state index in [9.17, 15) is 4.79 Å². The number of carbonyl (C=O) groups excluding carboxylic acids is 1. The molecule has 7 heteroatoms. The Morgan fingerprint density at radius 1 is 1.46 bits per heavy atom. The molecule has 2 aromatic rings. The van der Waals surface area contributed by atoms with Crippen LogP contribution in [0.2, 0.25) is 0 Å². The van der Waals surface area contributed by atoms with Crippen LogP contribution in [0.4, 0.5) is 5.82 Å². The quantitative estimate of drug-likeness (QED) is 0.849. The number of nitrogens with one attached hydrogen (secondary N) is 1. The molecular weight excluding hydrogens is 304 g/mol. The van der Waals surface area contributed by atoms with Crippen LogP contribution >= 0.6 is 0 Å². The molecule has 1 amide bonds. The van der Waals surface area contributed by atoms with Gasteiger partial charge in [-0.3, -0.25) is 4.79 Å². The fraction of sp³-hybridized carbons (Fsp3) is 0.412. The van der Waals surface area contributed by atoms with Gasteiger partial charge in [-0.05, 0) is 24.5 Å². The standard InChI is InChI=1S/C17H18N6O/c1-12-4-8-23(14(24)2-6-18)17(12)5-9-22(10-17)16-13-3-7-19-15(13)20-11-21-16/h3,7,11H,1-2,4-5,8-10H2,(H,19,20,21). The average Bonchev–Trinajstić information content (AvgIpc) is 3.28. The van der Waals surface area contributed by atoms with Gasteiger partial charge in [0.25, 0.3) is 0 Å². The first-order valence-electron chi connectivity index (χ1n) is 8.04. The van der Waals surface area contributed by atoms with Gasteiger partial charge < -0.3 is 14.8 Å². The smallest absolute Gasteiger partial charge is 0.237 e. The Hall–Kier alpha value is -2.88. The van der Waals surface area contributed by atoms with E-state index in [1.165, 1.54) is 0 Å². The number of carbonyl (C=O) groups is 1. The molecule has 1 spiro atoms. The van der Waals surface area contributed by atoms with Crippen LogP contribution in [0.25, 0.3) is 11.0 Å². The van der Waals surface area contributed by atoms with Gasteiger partial charge in [0.1, 0.15) is 24.2 Å². The van der Waals surface area contributed by atoms with E-state index in [4.69, 9.17) is 5.26 Å². The number of nitrogens with zero attached hydrogens (tertiary/aromatic N) is 5. The van der Waals surface area contributed by atoms with Crippen molar-refractivity contribution in [3.8, 4) is 6.07 Å². The molecule has 0 aromatic carbocycles. The molecule has 1 unspecified atom stereocenters. The van der Waals surface area contributed by atoms with Gasteiger partial charge in [-0.1, -0.05) is 6.58 Å². The van der Waals surface area contributed by atoms with Crippen LogP contribution in [0, 0.1) is 11.3 Å². The Balaban J connectivity index is 1.67. The minimum Gasteiger partial charge on any atom is -0.353 e. The first-order valence-corrected chi connectivity index (χ1v) is 8.04. The number of hydrogen-bond donors (Lipinski definition) is 1. The van der Waals surface area contributed by atoms with Crippen LogP contribution in [-0.4, -0.2) is 50.9 Å². The van der Waals surface area contributed by atoms with E-state index in [0.717, 1.165) is 41.8 Å². The number of hydrogen-bond acceptors (Lipinski definition) is 5. The zero-order chi connectivity index (χ0) is 16.7. The summed E-state index contributed by atoms with van der Waals surface area (Å²) in [6.45, 7) is 6.33. The summed E-state index contributed by atoms with van der Waals surface area (Å²) in [4.78, 5) is 28.2. The van der Waals surface area contributed by atoms with Crippen LogP contribution in [-0.2, 0) is 4.79 Å². The Morgan fingerprint density at radius 2 is 2.33 bits per heavy atom. The van der Waals surface area contributed by atoms with Gasteiger partial charge in [-0.25, -0.2) is 9.97 Å². The third kappa shape index (κ3) is 1.99. The number of likely N-dealkylation sites (tertiary alicyclic amines) is 1. The topological polar surface area (TPSA) is 88.9 Å². The molecule has 2 aliphatic heterocycles. The molecule has 122 valence electrons. The highest BCUT2D eigenvalue weighted by molar-refractivity contribution is 5.88. The largest absolute Gasteiger partial charge is 0.353 e. The van der Waals surface area contributed by atoms with Crippen LogP contribution < -0.4 is 4.90 Å². The van der Waals surface area contributed by atoms with Crippen molar-refractivity contribution in [1.82, 2.24) is 19.9 Å². The molecule has 1 atom stereocenters. The summed E-state index contributed by atoms with van der Waals surface area (Å²) in [5.41, 5.74) is 1.51. The Kier molecular flexibility index (Phi) is 3.27. The van der Waals surface area contributed by atoms with Crippen LogP contribution in [0.3, 0.4) is 0 Å². The lowest BCUT2D eigenvalue weighted by molar-refractivity contribution is -0.133. The number of aromatic amines is 1. The highest BCUT2D eigenvalue weighted by atomic mass is 16.2. The molecule has 1 N–H and O–H groups in total. The number of H-pyrrole nitrogens is 1. The molecule has 2 aliphatic rings. The lowest BCUT2D eigenvalue weighted by atomic mass is 9.90. The fourth-order valence-corrected chi connectivity index (χ4v) is 4.00. The number of aromatic nitrogens is 3. The van der Waals surface area contributed by atoms with E-state index in [2.05, 4.69) is 26.4 Å². The van der Waals surface area contributed by atoms with E-state index in [0.29, 0.717) is 13.1 Å². The van der Waals surface area contributed by atoms with Crippen LogP contribution in [0.5, 0.6) is 0 Å². The average molecular weight is 322 g/mol. The third-order valence-corrected chi connectivity index (χ3v) is 5.22. The number of rotatable bonds is 2. The summed E-state index contributed by atoms with van der Waals surface area (Å²) in [6, 6.07) is 3.94. The molecule has 4 heterocycles. The number of fused-ring (bicyclic) bond motifs is 1. The van der Waals surface area contributed by atoms with E-state index >= 15 is 0 Å². The van der Waals surface area contributed by atoms with Crippen molar-refractivity contribution in [2.45, 2.75) is 24.8 Å². The Morgan fingerprint density at radius 3 is 3.17 bits per heavy atom. The van der Waals surface area contributed by atoms with Crippen LogP contribution in [0.15, 0.2) is 30.7 Å². The van der Waals surface area contributed by atoms with E-state index in [1.807, 2.05) is 23.2 Å². The minimum absolute atomic E-state index is 0.0788. The van der Waals surface area contributed by atoms with Crippen molar-refractivity contribution in [3.63, 3.8) is 0 Å². The van der Waals surface area contributed by atoms with E-state index < -0.39 is 0 Å². The van der Waals surface area contributed by atoms with Gasteiger partial charge in [0.15, 0.2) is 0 Å². The van der Waals surface area contributed by atoms with Crippen molar-refractivity contribution in [3.05, 3.63) is 30.7 Å². The molecule has 0 bridgehead atoms. The lowest BCUT2D eigenvalue weighted by Gasteiger charge is -2.35. The van der Waals surface area contributed by atoms with Crippen molar-refractivity contribution in [1.29, 1.82) is 5.26 Å². The second kappa shape index (κ2) is 5.34. The lowest BCUT2D eigenvalue weighted by Crippen LogP contribution is -2.50. The highest BCUT2D eigenvalue weighted by Gasteiger charge is 2.50. The molecule has 2 aromatic heterocycles. The molecule has 2 saturated heterocycles. The molecule has 0 saturated carbocycles. The van der Waals surface area contributed by atoms with Crippen molar-refractivity contribution >= 4 is 22.8 Å². The maximum absolute atomic E-state index is 12.4. The molecule has 2 fully saturated rings. The summed E-state index contributed by atoms with van der Waals surface area (Å²) in [5.74, 6) is 0.776. The molecule has 24 heavy (non-hydrogen) atoms. The van der Waals surface area contributed by atoms with E-state index in [-0.39, 0.29) is 17.9 Å². The summed E-state index contributed by atoms with van der Waals surface area (Å²) in [6.07, 6.45) is 4.95. The zero-order valence-corrected chi connectivity index (χ0v) is 13.3. The maximum atomic E-state index is 12.4. The second-order valence-corrected chi connectivity index (χ2v) is 6.37.